The molecule has 1 aromatic rings. The molecule has 0 radical (unpaired) electrons. The third-order valence-corrected chi connectivity index (χ3v) is 12.3. The highest BCUT2D eigenvalue weighted by Gasteiger charge is 2.42. The third kappa shape index (κ3) is 13.0. The second kappa shape index (κ2) is 22.9. The average molecular weight is 869 g/mol. The topological polar surface area (TPSA) is 200 Å². The van der Waals surface area contributed by atoms with Crippen LogP contribution in [0.3, 0.4) is 0 Å². The molecular weight excluding hydrogens is 797 g/mol. The molecule has 0 aliphatic carbocycles. The Morgan fingerprint density at radius 3 is 1.60 bits per heavy atom. The van der Waals surface area contributed by atoms with Crippen molar-refractivity contribution in [3.63, 3.8) is 0 Å². The zero-order valence-electron chi connectivity index (χ0n) is 38.9. The summed E-state index contributed by atoms with van der Waals surface area (Å²) >= 11 is 0. The minimum atomic E-state index is -1.53. The Balaban J connectivity index is 2.22. The number of amides is 8. The van der Waals surface area contributed by atoms with E-state index in [2.05, 4.69) is 10.6 Å². The van der Waals surface area contributed by atoms with Gasteiger partial charge in [0.2, 0.25) is 47.3 Å². The van der Waals surface area contributed by atoms with Crippen LogP contribution in [0.2, 0.25) is 0 Å². The van der Waals surface area contributed by atoms with E-state index in [1.807, 2.05) is 45.9 Å². The summed E-state index contributed by atoms with van der Waals surface area (Å²) in [5, 5.41) is 16.4. The van der Waals surface area contributed by atoms with Crippen LogP contribution in [0, 0.1) is 11.8 Å². The first-order valence-electron chi connectivity index (χ1n) is 21.9. The molecule has 2 aliphatic heterocycles. The molecule has 8 amide bonds. The molecule has 0 aromatic heterocycles. The monoisotopic (exact) mass is 869 g/mol. The lowest BCUT2D eigenvalue weighted by Crippen LogP contribution is -2.62. The van der Waals surface area contributed by atoms with Crippen molar-refractivity contribution in [2.24, 2.45) is 11.8 Å². The highest BCUT2D eigenvalue weighted by molar-refractivity contribution is 5.99. The van der Waals surface area contributed by atoms with Gasteiger partial charge in [-0.05, 0) is 70.3 Å². The van der Waals surface area contributed by atoms with Crippen LogP contribution in [0.1, 0.15) is 92.6 Å². The Bertz CT molecular complexity index is 1750. The standard InChI is InChI=1S/C45H72N8O9/c1-27(2)23-34-39(56)46-33(43(60)53-21-17-14-18-22-53)26-37(55)48(8)29(5)41(58)52(12)36(25-32-19-15-13-16-20-32)44(61)51(11)35(24-28(3)4)40(57)47-38(31(7)54)45(62)49(9)30(6)42(59)50(34)10/h13,15-16,19-20,27-31,33-36,38,54H,14,17-18,21-26H2,1-12H3,(H,46,56)(H,47,57)/t29-,30-,31?,33-,34-,35-,36-,38-/m0/s1. The van der Waals surface area contributed by atoms with Crippen molar-refractivity contribution in [2.75, 3.05) is 48.3 Å². The van der Waals surface area contributed by atoms with Crippen molar-refractivity contribution < 1.29 is 43.5 Å². The summed E-state index contributed by atoms with van der Waals surface area (Å²) in [5.41, 5.74) is 0.727. The first-order valence-corrected chi connectivity index (χ1v) is 21.9. The van der Waals surface area contributed by atoms with Gasteiger partial charge in [-0.25, -0.2) is 0 Å². The minimum Gasteiger partial charge on any atom is -0.391 e. The van der Waals surface area contributed by atoms with Gasteiger partial charge in [-0.1, -0.05) is 58.0 Å². The molecular formula is C45H72N8O9. The van der Waals surface area contributed by atoms with E-state index in [4.69, 9.17) is 0 Å². The second-order valence-corrected chi connectivity index (χ2v) is 18.0. The summed E-state index contributed by atoms with van der Waals surface area (Å²) in [6.07, 6.45) is 0.920. The van der Waals surface area contributed by atoms with Gasteiger partial charge in [-0.2, -0.15) is 0 Å². The van der Waals surface area contributed by atoms with Crippen molar-refractivity contribution >= 4 is 47.3 Å². The lowest BCUT2D eigenvalue weighted by atomic mass is 9.98. The molecule has 8 atom stereocenters. The molecule has 2 fully saturated rings. The van der Waals surface area contributed by atoms with Crippen LogP contribution in [0.15, 0.2) is 30.3 Å². The van der Waals surface area contributed by atoms with Crippen LogP contribution in [-0.4, -0.2) is 178 Å². The number of hydrogen-bond acceptors (Lipinski definition) is 9. The number of aliphatic hydroxyl groups excluding tert-OH is 1. The Labute approximate surface area is 367 Å². The minimum absolute atomic E-state index is 0.0581. The lowest BCUT2D eigenvalue weighted by Gasteiger charge is -2.38. The smallest absolute Gasteiger partial charge is 0.248 e. The van der Waals surface area contributed by atoms with Gasteiger partial charge in [0.1, 0.15) is 42.3 Å². The number of hydrogen-bond donors (Lipinski definition) is 3. The maximum atomic E-state index is 14.7. The average Bonchev–Trinajstić information content (AvgIpc) is 3.24. The maximum Gasteiger partial charge on any atom is 0.248 e. The number of carbonyl (C=O) groups is 8. The van der Waals surface area contributed by atoms with Crippen LogP contribution in [0.25, 0.3) is 0 Å². The normalized spacial score (nSPS) is 27.0. The highest BCUT2D eigenvalue weighted by atomic mass is 16.3. The maximum absolute atomic E-state index is 14.7. The third-order valence-electron chi connectivity index (χ3n) is 12.3. The number of carbonyl (C=O) groups excluding carboxylic acids is 8. The second-order valence-electron chi connectivity index (χ2n) is 18.0. The number of nitrogens with one attached hydrogen (secondary N) is 2. The van der Waals surface area contributed by atoms with E-state index in [0.29, 0.717) is 13.1 Å². The number of rotatable bonds is 8. The summed E-state index contributed by atoms with van der Waals surface area (Å²) in [4.78, 5) is 122. The summed E-state index contributed by atoms with van der Waals surface area (Å²) in [5.74, 6) is -5.29. The predicted molar refractivity (Wildman–Crippen MR) is 234 cm³/mol. The van der Waals surface area contributed by atoms with Crippen LogP contribution < -0.4 is 10.6 Å². The SMILES string of the molecule is CC(C)C[C@H]1C(=O)N[C@H](C(=O)N2CCCCC2)CC(=O)N(C)[C@@H](C)C(=O)N(C)[C@@H](Cc2ccccc2)C(=O)N(C)[C@@H](CC(C)C)C(=O)N[C@@H](C(C)O)C(=O)N(C)[C@@H](C)C(=O)N1C. The summed E-state index contributed by atoms with van der Waals surface area (Å²) in [6.45, 7) is 12.7. The molecule has 17 heteroatoms. The first kappa shape index (κ1) is 51.3. The van der Waals surface area contributed by atoms with Gasteiger partial charge in [0.15, 0.2) is 0 Å². The van der Waals surface area contributed by atoms with E-state index in [9.17, 15) is 43.5 Å². The molecule has 1 aromatic carbocycles. The molecule has 0 saturated carbocycles. The van der Waals surface area contributed by atoms with Crippen LogP contribution in [0.4, 0.5) is 0 Å². The zero-order valence-corrected chi connectivity index (χ0v) is 38.9. The number of likely N-dealkylation sites (N-methyl/N-ethyl adjacent to an activating group) is 5. The van der Waals surface area contributed by atoms with E-state index in [0.717, 1.165) is 29.7 Å². The first-order chi connectivity index (χ1) is 29.0. The molecule has 62 heavy (non-hydrogen) atoms. The van der Waals surface area contributed by atoms with E-state index in [1.54, 1.807) is 17.0 Å². The molecule has 2 heterocycles. The van der Waals surface area contributed by atoms with Gasteiger partial charge in [0.05, 0.1) is 12.5 Å². The number of piperidine rings is 1. The van der Waals surface area contributed by atoms with E-state index in [1.165, 1.54) is 75.6 Å². The molecule has 346 valence electrons. The fourth-order valence-electron chi connectivity index (χ4n) is 8.00. The lowest BCUT2D eigenvalue weighted by molar-refractivity contribution is -0.153. The van der Waals surface area contributed by atoms with Crippen molar-refractivity contribution in [3.8, 4) is 0 Å². The molecule has 0 spiro atoms. The Morgan fingerprint density at radius 2 is 1.10 bits per heavy atom. The predicted octanol–water partition coefficient (Wildman–Crippen LogP) is 1.26. The van der Waals surface area contributed by atoms with Crippen molar-refractivity contribution in [1.82, 2.24) is 40.0 Å². The van der Waals surface area contributed by atoms with Gasteiger partial charge in [0, 0.05) is 54.7 Å². The quantitative estimate of drug-likeness (QED) is 0.344. The highest BCUT2D eigenvalue weighted by Crippen LogP contribution is 2.21. The van der Waals surface area contributed by atoms with Crippen LogP contribution in [-0.2, 0) is 44.8 Å². The molecule has 2 aliphatic rings. The molecule has 1 unspecified atom stereocenters. The van der Waals surface area contributed by atoms with Gasteiger partial charge < -0.3 is 45.1 Å². The van der Waals surface area contributed by atoms with Crippen LogP contribution in [0.5, 0.6) is 0 Å². The Morgan fingerprint density at radius 1 is 0.629 bits per heavy atom. The largest absolute Gasteiger partial charge is 0.391 e. The van der Waals surface area contributed by atoms with Gasteiger partial charge >= 0.3 is 0 Å². The fraction of sp³-hybridized carbons (Fsp3) is 0.689. The molecule has 0 bridgehead atoms. The summed E-state index contributed by atoms with van der Waals surface area (Å²) in [6, 6.07) is 0.424. The molecule has 3 N–H and O–H groups in total. The van der Waals surface area contributed by atoms with Crippen molar-refractivity contribution in [3.05, 3.63) is 35.9 Å². The van der Waals surface area contributed by atoms with E-state index < -0.39 is 102 Å². The van der Waals surface area contributed by atoms with E-state index in [-0.39, 0.29) is 31.1 Å². The zero-order chi connectivity index (χ0) is 46.7. The van der Waals surface area contributed by atoms with E-state index >= 15 is 0 Å². The number of benzene rings is 1. The Kier molecular flexibility index (Phi) is 18.9. The summed E-state index contributed by atoms with van der Waals surface area (Å²) in [7, 11) is 7.12. The van der Waals surface area contributed by atoms with Gasteiger partial charge in [0.25, 0.3) is 0 Å². The number of likely N-dealkylation sites (tertiary alicyclic amines) is 1. The van der Waals surface area contributed by atoms with Crippen molar-refractivity contribution in [2.45, 2.75) is 142 Å². The fourth-order valence-corrected chi connectivity index (χ4v) is 8.00. The molecule has 2 saturated heterocycles. The van der Waals surface area contributed by atoms with Crippen molar-refractivity contribution in [1.29, 1.82) is 0 Å². The van der Waals surface area contributed by atoms with Gasteiger partial charge in [-0.15, -0.1) is 0 Å². The van der Waals surface area contributed by atoms with Gasteiger partial charge in [-0.3, -0.25) is 38.4 Å². The van der Waals surface area contributed by atoms with Crippen LogP contribution >= 0.6 is 0 Å². The molecule has 17 nitrogen and oxygen atoms in total. The number of aliphatic hydroxyl groups is 1. The number of nitrogens with zero attached hydrogens (tertiary/aromatic N) is 6. The Hall–Kier alpha value is -5.06. The molecule has 3 rings (SSSR count). The summed E-state index contributed by atoms with van der Waals surface area (Å²) < 4.78 is 0.